The average Bonchev–Trinajstić information content (AvgIpc) is 3.11. The monoisotopic (exact) mass is 348 g/mol. The minimum atomic E-state index is -0.771. The predicted molar refractivity (Wildman–Crippen MR) is 93.1 cm³/mol. The van der Waals surface area contributed by atoms with Crippen LogP contribution in [0, 0.1) is 0 Å². The zero-order valence-corrected chi connectivity index (χ0v) is 14.1. The van der Waals surface area contributed by atoms with Crippen molar-refractivity contribution in [2.45, 2.75) is 19.4 Å². The summed E-state index contributed by atoms with van der Waals surface area (Å²) in [6.07, 6.45) is -0.316. The Bertz CT molecular complexity index is 673. The van der Waals surface area contributed by atoms with Gasteiger partial charge in [0.2, 0.25) is 0 Å². The van der Waals surface area contributed by atoms with Gasteiger partial charge in [0.1, 0.15) is 5.75 Å². The van der Waals surface area contributed by atoms with Crippen LogP contribution in [0.4, 0.5) is 5.69 Å². The fraction of sp³-hybridized carbons (Fsp3) is 0.294. The molecule has 1 atom stereocenters. The predicted octanol–water partition coefficient (Wildman–Crippen LogP) is 2.33. The molecule has 1 heterocycles. The molecule has 0 aliphatic heterocycles. The highest BCUT2D eigenvalue weighted by molar-refractivity contribution is 7.07. The summed E-state index contributed by atoms with van der Waals surface area (Å²) in [4.78, 5) is 23.8. The number of aliphatic hydroxyl groups is 1. The fourth-order valence-corrected chi connectivity index (χ4v) is 2.77. The maximum absolute atomic E-state index is 11.9. The van der Waals surface area contributed by atoms with Crippen molar-refractivity contribution in [3.8, 4) is 5.75 Å². The average molecular weight is 348 g/mol. The van der Waals surface area contributed by atoms with Gasteiger partial charge in [0.05, 0.1) is 18.4 Å². The lowest BCUT2D eigenvalue weighted by Crippen LogP contribution is -2.36. The van der Waals surface area contributed by atoms with Gasteiger partial charge in [-0.2, -0.15) is 11.3 Å². The number of para-hydroxylation sites is 2. The number of hydrogen-bond acceptors (Lipinski definition) is 5. The number of anilines is 1. The van der Waals surface area contributed by atoms with Crippen LogP contribution in [0.3, 0.4) is 0 Å². The van der Waals surface area contributed by atoms with Crippen molar-refractivity contribution in [3.63, 3.8) is 0 Å². The molecular weight excluding hydrogens is 328 g/mol. The largest absolute Gasteiger partial charge is 0.492 e. The molecular formula is C17H20N2O4S. The van der Waals surface area contributed by atoms with Gasteiger partial charge in [0.25, 0.3) is 0 Å². The van der Waals surface area contributed by atoms with Gasteiger partial charge >= 0.3 is 11.8 Å². The highest BCUT2D eigenvalue weighted by atomic mass is 32.1. The van der Waals surface area contributed by atoms with Crippen LogP contribution in [-0.4, -0.2) is 30.1 Å². The summed E-state index contributed by atoms with van der Waals surface area (Å²) in [6.45, 7) is 2.50. The standard InChI is InChI=1S/C17H20N2O4S/c1-2-23-15-6-4-3-5-13(15)19-17(22)16(21)18-9-7-14(20)12-8-10-24-11-12/h3-6,8,10-11,14,20H,2,7,9H2,1H3,(H,18,21)(H,19,22)/t14-/m1/s1. The van der Waals surface area contributed by atoms with Crippen LogP contribution in [0.15, 0.2) is 41.1 Å². The van der Waals surface area contributed by atoms with E-state index in [9.17, 15) is 14.7 Å². The van der Waals surface area contributed by atoms with Gasteiger partial charge in [-0.3, -0.25) is 9.59 Å². The molecule has 0 aliphatic carbocycles. The third kappa shape index (κ3) is 5.07. The third-order valence-corrected chi connectivity index (χ3v) is 3.97. The topological polar surface area (TPSA) is 87.7 Å². The van der Waals surface area contributed by atoms with Crippen molar-refractivity contribution in [1.29, 1.82) is 0 Å². The molecule has 0 unspecified atom stereocenters. The summed E-state index contributed by atoms with van der Waals surface area (Å²) in [5, 5.41) is 18.7. The van der Waals surface area contributed by atoms with Crippen molar-refractivity contribution < 1.29 is 19.4 Å². The summed E-state index contributed by atoms with van der Waals surface area (Å²) in [6, 6.07) is 8.74. The Morgan fingerprint density at radius 2 is 2.04 bits per heavy atom. The van der Waals surface area contributed by atoms with Gasteiger partial charge in [0.15, 0.2) is 0 Å². The Balaban J connectivity index is 1.81. The maximum Gasteiger partial charge on any atom is 0.313 e. The van der Waals surface area contributed by atoms with E-state index in [0.29, 0.717) is 24.5 Å². The van der Waals surface area contributed by atoms with Crippen molar-refractivity contribution in [2.24, 2.45) is 0 Å². The normalized spacial score (nSPS) is 11.6. The first-order chi connectivity index (χ1) is 11.6. The second kappa shape index (κ2) is 9.05. The molecule has 0 radical (unpaired) electrons. The van der Waals surface area contributed by atoms with Gasteiger partial charge in [0, 0.05) is 6.54 Å². The molecule has 0 bridgehead atoms. The lowest BCUT2D eigenvalue weighted by atomic mass is 10.1. The van der Waals surface area contributed by atoms with Crippen LogP contribution in [0.1, 0.15) is 25.0 Å². The van der Waals surface area contributed by atoms with Crippen molar-refractivity contribution in [3.05, 3.63) is 46.7 Å². The van der Waals surface area contributed by atoms with E-state index in [1.807, 2.05) is 23.8 Å². The second-order valence-electron chi connectivity index (χ2n) is 5.00. The molecule has 2 rings (SSSR count). The number of nitrogens with one attached hydrogen (secondary N) is 2. The van der Waals surface area contributed by atoms with Gasteiger partial charge < -0.3 is 20.5 Å². The molecule has 24 heavy (non-hydrogen) atoms. The molecule has 1 aromatic heterocycles. The lowest BCUT2D eigenvalue weighted by Gasteiger charge is -2.12. The van der Waals surface area contributed by atoms with Gasteiger partial charge in [-0.25, -0.2) is 0 Å². The van der Waals surface area contributed by atoms with Crippen LogP contribution in [0.5, 0.6) is 5.75 Å². The summed E-state index contributed by atoms with van der Waals surface area (Å²) >= 11 is 1.50. The van der Waals surface area contributed by atoms with Crippen LogP contribution >= 0.6 is 11.3 Å². The van der Waals surface area contributed by atoms with E-state index in [2.05, 4.69) is 10.6 Å². The maximum atomic E-state index is 11.9. The molecule has 2 aromatic rings. The minimum Gasteiger partial charge on any atom is -0.492 e. The highest BCUT2D eigenvalue weighted by Gasteiger charge is 2.16. The SMILES string of the molecule is CCOc1ccccc1NC(=O)C(=O)NCC[C@@H](O)c1ccsc1. The third-order valence-electron chi connectivity index (χ3n) is 3.27. The minimum absolute atomic E-state index is 0.205. The van der Waals surface area contributed by atoms with Crippen LogP contribution < -0.4 is 15.4 Å². The van der Waals surface area contributed by atoms with Crippen molar-refractivity contribution in [1.82, 2.24) is 5.32 Å². The van der Waals surface area contributed by atoms with Crippen LogP contribution in [0.25, 0.3) is 0 Å². The number of amides is 2. The zero-order valence-electron chi connectivity index (χ0n) is 13.3. The first-order valence-corrected chi connectivity index (χ1v) is 8.57. The van der Waals surface area contributed by atoms with E-state index in [0.717, 1.165) is 5.56 Å². The number of carbonyl (C=O) groups is 2. The molecule has 0 saturated carbocycles. The molecule has 2 amide bonds. The van der Waals surface area contributed by atoms with Crippen molar-refractivity contribution >= 4 is 28.8 Å². The Labute approximate surface area is 144 Å². The summed E-state index contributed by atoms with van der Waals surface area (Å²) in [5.74, 6) is -1.01. The summed E-state index contributed by atoms with van der Waals surface area (Å²) in [7, 11) is 0. The van der Waals surface area contributed by atoms with Crippen molar-refractivity contribution in [2.75, 3.05) is 18.5 Å². The number of hydrogen-bond donors (Lipinski definition) is 3. The quantitative estimate of drug-likeness (QED) is 0.670. The van der Waals surface area contributed by atoms with E-state index in [1.165, 1.54) is 11.3 Å². The first-order valence-electron chi connectivity index (χ1n) is 7.63. The van der Waals surface area contributed by atoms with Crippen LogP contribution in [0.2, 0.25) is 0 Å². The van der Waals surface area contributed by atoms with Crippen LogP contribution in [-0.2, 0) is 9.59 Å². The lowest BCUT2D eigenvalue weighted by molar-refractivity contribution is -0.136. The molecule has 6 nitrogen and oxygen atoms in total. The molecule has 3 N–H and O–H groups in total. The van der Waals surface area contributed by atoms with E-state index in [4.69, 9.17) is 4.74 Å². The van der Waals surface area contributed by atoms with E-state index < -0.39 is 17.9 Å². The van der Waals surface area contributed by atoms with Gasteiger partial charge in [-0.1, -0.05) is 12.1 Å². The number of ether oxygens (including phenoxy) is 1. The Morgan fingerprint density at radius 1 is 1.25 bits per heavy atom. The Morgan fingerprint density at radius 3 is 2.75 bits per heavy atom. The Kier molecular flexibility index (Phi) is 6.77. The molecule has 1 aromatic carbocycles. The molecule has 0 spiro atoms. The molecule has 128 valence electrons. The van der Waals surface area contributed by atoms with E-state index in [1.54, 1.807) is 24.3 Å². The number of benzene rings is 1. The number of thiophene rings is 1. The Hall–Kier alpha value is -2.38. The zero-order chi connectivity index (χ0) is 17.4. The first kappa shape index (κ1) is 18.0. The molecule has 0 saturated heterocycles. The number of carbonyl (C=O) groups excluding carboxylic acids is 2. The molecule has 7 heteroatoms. The second-order valence-corrected chi connectivity index (χ2v) is 5.78. The molecule has 0 aliphatic rings. The highest BCUT2D eigenvalue weighted by Crippen LogP contribution is 2.23. The van der Waals surface area contributed by atoms with E-state index in [-0.39, 0.29) is 6.54 Å². The summed E-state index contributed by atoms with van der Waals surface area (Å²) < 4.78 is 5.39. The summed E-state index contributed by atoms with van der Waals surface area (Å²) in [5.41, 5.74) is 1.25. The van der Waals surface area contributed by atoms with E-state index >= 15 is 0 Å². The van der Waals surface area contributed by atoms with Gasteiger partial charge in [-0.15, -0.1) is 0 Å². The van der Waals surface area contributed by atoms with Gasteiger partial charge in [-0.05, 0) is 47.9 Å². The number of rotatable bonds is 7. The number of aliphatic hydroxyl groups excluding tert-OH is 1. The molecule has 0 fully saturated rings. The fourth-order valence-electron chi connectivity index (χ4n) is 2.06. The smallest absolute Gasteiger partial charge is 0.313 e.